The molecule has 0 aromatic heterocycles. The molecule has 7 rings (SSSR count). The molecular formula is C26H36N2S2. The highest BCUT2D eigenvalue weighted by Crippen LogP contribution is 2.68. The lowest BCUT2D eigenvalue weighted by molar-refractivity contribution is -0.0298. The third-order valence-corrected chi connectivity index (χ3v) is 11.6. The summed E-state index contributed by atoms with van der Waals surface area (Å²) in [5.74, 6) is 1.69. The molecule has 0 heterocycles. The fourth-order valence-electron chi connectivity index (χ4n) is 7.75. The number of thiocarbonyl (C=S) groups is 1. The molecule has 2 unspecified atom stereocenters. The van der Waals surface area contributed by atoms with Gasteiger partial charge in [-0.15, -0.1) is 0 Å². The van der Waals surface area contributed by atoms with Crippen molar-refractivity contribution in [3.63, 3.8) is 0 Å². The van der Waals surface area contributed by atoms with E-state index in [2.05, 4.69) is 47.4 Å². The number of nitrogens with two attached hydrogens (primary N) is 1. The smallest absolute Gasteiger partial charge is 0.0818 e. The van der Waals surface area contributed by atoms with Crippen LogP contribution >= 0.6 is 24.0 Å². The lowest BCUT2D eigenvalue weighted by Crippen LogP contribution is -2.63. The van der Waals surface area contributed by atoms with Crippen molar-refractivity contribution >= 4 is 29.0 Å². The zero-order chi connectivity index (χ0) is 20.3. The standard InChI is InChI=1S/C26H36N2S2/c27-20-6-8-21(9-7-20)28-24(29)26-14-17-12-25(16-26,19-4-2-1-3-5-19)13-18(15-26)23(17)30-22-10-11-22/h1-5,17-18,20-23H,6-16,27H2,(H,28,29). The molecule has 6 saturated carbocycles. The Kier molecular flexibility index (Phi) is 5.01. The van der Waals surface area contributed by atoms with E-state index < -0.39 is 0 Å². The average Bonchev–Trinajstić information content (AvgIpc) is 3.57. The Morgan fingerprint density at radius 3 is 2.23 bits per heavy atom. The molecule has 4 bridgehead atoms. The molecule has 0 radical (unpaired) electrons. The summed E-state index contributed by atoms with van der Waals surface area (Å²) in [6, 6.07) is 12.4. The van der Waals surface area contributed by atoms with Crippen molar-refractivity contribution in [2.75, 3.05) is 0 Å². The van der Waals surface area contributed by atoms with Crippen LogP contribution in [0.25, 0.3) is 0 Å². The minimum Gasteiger partial charge on any atom is -0.376 e. The average molecular weight is 441 g/mol. The van der Waals surface area contributed by atoms with Crippen molar-refractivity contribution in [1.29, 1.82) is 0 Å². The van der Waals surface area contributed by atoms with Gasteiger partial charge in [0.2, 0.25) is 0 Å². The summed E-state index contributed by atoms with van der Waals surface area (Å²) < 4.78 is 0. The minimum absolute atomic E-state index is 0.233. The topological polar surface area (TPSA) is 38.0 Å². The molecule has 6 aliphatic rings. The first-order chi connectivity index (χ1) is 14.6. The third kappa shape index (κ3) is 3.46. The van der Waals surface area contributed by atoms with Crippen LogP contribution in [-0.2, 0) is 5.41 Å². The molecular weight excluding hydrogens is 404 g/mol. The van der Waals surface area contributed by atoms with Crippen LogP contribution in [0.5, 0.6) is 0 Å². The van der Waals surface area contributed by atoms with E-state index in [9.17, 15) is 0 Å². The summed E-state index contributed by atoms with van der Waals surface area (Å²) in [5.41, 5.74) is 8.33. The van der Waals surface area contributed by atoms with Crippen LogP contribution in [0.15, 0.2) is 30.3 Å². The van der Waals surface area contributed by atoms with Gasteiger partial charge in [-0.05, 0) is 93.4 Å². The van der Waals surface area contributed by atoms with Gasteiger partial charge in [-0.3, -0.25) is 0 Å². The van der Waals surface area contributed by atoms with E-state index in [1.165, 1.54) is 62.8 Å². The Balaban J connectivity index is 1.28. The zero-order valence-electron chi connectivity index (χ0n) is 18.0. The SMILES string of the molecule is NC1CCC(NC(=S)C23CC4CC(c5ccccc5)(CC(C2)C4SC2CC2)C3)CC1. The van der Waals surface area contributed by atoms with E-state index in [1.807, 2.05) is 0 Å². The van der Waals surface area contributed by atoms with Crippen LogP contribution in [-0.4, -0.2) is 27.6 Å². The highest BCUT2D eigenvalue weighted by molar-refractivity contribution is 8.00. The second-order valence-corrected chi connectivity index (χ2v) is 13.2. The Morgan fingerprint density at radius 1 is 0.933 bits per heavy atom. The van der Waals surface area contributed by atoms with E-state index in [0.717, 1.165) is 35.2 Å². The van der Waals surface area contributed by atoms with Gasteiger partial charge < -0.3 is 11.1 Å². The molecule has 2 atom stereocenters. The van der Waals surface area contributed by atoms with Gasteiger partial charge in [0, 0.05) is 28.0 Å². The van der Waals surface area contributed by atoms with Gasteiger partial charge >= 0.3 is 0 Å². The molecule has 4 heteroatoms. The molecule has 1 aromatic rings. The first-order valence-electron chi connectivity index (χ1n) is 12.3. The molecule has 0 aliphatic heterocycles. The van der Waals surface area contributed by atoms with Gasteiger partial charge in [-0.25, -0.2) is 0 Å². The van der Waals surface area contributed by atoms with E-state index in [-0.39, 0.29) is 5.41 Å². The van der Waals surface area contributed by atoms with Crippen LogP contribution in [0.4, 0.5) is 0 Å². The summed E-state index contributed by atoms with van der Waals surface area (Å²) in [4.78, 5) is 1.22. The molecule has 1 aromatic carbocycles. The van der Waals surface area contributed by atoms with Crippen molar-refractivity contribution in [3.05, 3.63) is 35.9 Å². The first-order valence-corrected chi connectivity index (χ1v) is 13.7. The molecule has 30 heavy (non-hydrogen) atoms. The number of hydrogen-bond acceptors (Lipinski definition) is 3. The predicted octanol–water partition coefficient (Wildman–Crippen LogP) is 5.59. The van der Waals surface area contributed by atoms with Crippen LogP contribution in [0.1, 0.15) is 76.2 Å². The second kappa shape index (κ2) is 7.49. The maximum Gasteiger partial charge on any atom is 0.0818 e. The Labute approximate surface area is 191 Å². The van der Waals surface area contributed by atoms with Gasteiger partial charge in [0.25, 0.3) is 0 Å². The largest absolute Gasteiger partial charge is 0.376 e. The molecule has 2 nitrogen and oxygen atoms in total. The van der Waals surface area contributed by atoms with E-state index in [4.69, 9.17) is 18.0 Å². The van der Waals surface area contributed by atoms with E-state index >= 15 is 0 Å². The summed E-state index contributed by atoms with van der Waals surface area (Å²) in [6.07, 6.45) is 14.3. The van der Waals surface area contributed by atoms with Gasteiger partial charge in [0.15, 0.2) is 0 Å². The first kappa shape index (κ1) is 20.1. The van der Waals surface area contributed by atoms with Gasteiger partial charge in [-0.1, -0.05) is 42.5 Å². The van der Waals surface area contributed by atoms with Crippen molar-refractivity contribution in [2.45, 2.75) is 98.6 Å². The van der Waals surface area contributed by atoms with Crippen LogP contribution < -0.4 is 11.1 Å². The van der Waals surface area contributed by atoms with Crippen molar-refractivity contribution < 1.29 is 0 Å². The summed E-state index contributed by atoms with van der Waals surface area (Å²) in [5, 5.41) is 5.75. The quantitative estimate of drug-likeness (QED) is 0.586. The number of rotatable bonds is 5. The predicted molar refractivity (Wildman–Crippen MR) is 131 cm³/mol. The molecule has 162 valence electrons. The lowest BCUT2D eigenvalue weighted by Gasteiger charge is -2.65. The van der Waals surface area contributed by atoms with Gasteiger partial charge in [-0.2, -0.15) is 11.8 Å². The minimum atomic E-state index is 0.233. The summed E-state index contributed by atoms with van der Waals surface area (Å²) >= 11 is 8.61. The fraction of sp³-hybridized carbons (Fsp3) is 0.731. The second-order valence-electron chi connectivity index (χ2n) is 11.3. The highest BCUT2D eigenvalue weighted by Gasteiger charge is 2.63. The maximum atomic E-state index is 6.25. The Morgan fingerprint density at radius 2 is 1.60 bits per heavy atom. The Hall–Kier alpha value is -0.580. The molecule has 0 spiro atoms. The number of nitrogens with one attached hydrogen (secondary N) is 1. The molecule has 6 aliphatic carbocycles. The van der Waals surface area contributed by atoms with Crippen molar-refractivity contribution in [2.24, 2.45) is 23.0 Å². The van der Waals surface area contributed by atoms with E-state index in [1.54, 1.807) is 5.56 Å². The Bertz CT molecular complexity index is 781. The van der Waals surface area contributed by atoms with Crippen LogP contribution in [0, 0.1) is 17.3 Å². The highest BCUT2D eigenvalue weighted by atomic mass is 32.2. The van der Waals surface area contributed by atoms with Crippen LogP contribution in [0.3, 0.4) is 0 Å². The fourth-order valence-corrected chi connectivity index (χ4v) is 9.84. The number of hydrogen-bond donors (Lipinski definition) is 2. The number of benzene rings is 1. The van der Waals surface area contributed by atoms with Gasteiger partial charge in [0.05, 0.1) is 4.99 Å². The lowest BCUT2D eigenvalue weighted by atomic mass is 9.42. The normalized spacial score (nSPS) is 44.8. The third-order valence-electron chi connectivity index (χ3n) is 9.07. The van der Waals surface area contributed by atoms with Crippen molar-refractivity contribution in [3.8, 4) is 0 Å². The molecule has 6 fully saturated rings. The molecule has 3 N–H and O–H groups in total. The molecule has 0 amide bonds. The maximum absolute atomic E-state index is 6.25. The summed E-state index contributed by atoms with van der Waals surface area (Å²) in [7, 11) is 0. The van der Waals surface area contributed by atoms with Gasteiger partial charge in [0.1, 0.15) is 0 Å². The summed E-state index contributed by atoms with van der Waals surface area (Å²) in [6.45, 7) is 0. The molecule has 0 saturated heterocycles. The monoisotopic (exact) mass is 440 g/mol. The van der Waals surface area contributed by atoms with Crippen molar-refractivity contribution in [1.82, 2.24) is 5.32 Å². The van der Waals surface area contributed by atoms with Crippen LogP contribution in [0.2, 0.25) is 0 Å². The zero-order valence-corrected chi connectivity index (χ0v) is 19.7. The number of thioether (sulfide) groups is 1. The van der Waals surface area contributed by atoms with E-state index in [0.29, 0.717) is 17.5 Å².